The first-order valence-electron chi connectivity index (χ1n) is 8.01. The molecule has 144 valence electrons. The zero-order valence-corrected chi connectivity index (χ0v) is 15.4. The van der Waals surface area contributed by atoms with Gasteiger partial charge in [0.1, 0.15) is 17.2 Å². The van der Waals surface area contributed by atoms with Crippen molar-refractivity contribution in [1.82, 2.24) is 5.32 Å². The third-order valence-electron chi connectivity index (χ3n) is 3.90. The Morgan fingerprint density at radius 3 is 2.33 bits per heavy atom. The highest BCUT2D eigenvalue weighted by Crippen LogP contribution is 2.31. The maximum absolute atomic E-state index is 12.4. The Morgan fingerprint density at radius 2 is 1.74 bits per heavy atom. The van der Waals surface area contributed by atoms with E-state index in [9.17, 15) is 14.9 Å². The standard InChI is InChI=1S/C18H21N3O6/c1-11(14-10-13(25-2)6-8-16(14)26-3)19-18(22)20-15-7-5-12(21(23)24)9-17(15)27-4/h5-11H,1-4H3,(H2,19,20,22). The van der Waals surface area contributed by atoms with Crippen LogP contribution in [0.4, 0.5) is 16.2 Å². The molecule has 0 aromatic heterocycles. The minimum absolute atomic E-state index is 0.132. The minimum atomic E-state index is -0.538. The third kappa shape index (κ3) is 4.78. The molecule has 1 atom stereocenters. The van der Waals surface area contributed by atoms with Crippen LogP contribution in [0, 0.1) is 10.1 Å². The molecule has 0 saturated heterocycles. The van der Waals surface area contributed by atoms with Crippen molar-refractivity contribution < 1.29 is 23.9 Å². The Labute approximate surface area is 156 Å². The summed E-state index contributed by atoms with van der Waals surface area (Å²) in [5, 5.41) is 16.3. The van der Waals surface area contributed by atoms with Crippen molar-refractivity contribution in [2.75, 3.05) is 26.6 Å². The van der Waals surface area contributed by atoms with Crippen LogP contribution < -0.4 is 24.8 Å². The first-order valence-corrected chi connectivity index (χ1v) is 8.01. The number of nitro benzene ring substituents is 1. The Morgan fingerprint density at radius 1 is 1.04 bits per heavy atom. The second kappa shape index (κ2) is 8.75. The van der Waals surface area contributed by atoms with Crippen LogP contribution in [0.3, 0.4) is 0 Å². The summed E-state index contributed by atoms with van der Waals surface area (Å²) in [5.74, 6) is 1.43. The number of hydrogen-bond donors (Lipinski definition) is 2. The van der Waals surface area contributed by atoms with E-state index in [1.165, 1.54) is 25.3 Å². The average Bonchev–Trinajstić information content (AvgIpc) is 2.67. The Kier molecular flexibility index (Phi) is 6.42. The quantitative estimate of drug-likeness (QED) is 0.566. The molecule has 2 rings (SSSR count). The predicted molar refractivity (Wildman–Crippen MR) is 99.8 cm³/mol. The number of carbonyl (C=O) groups excluding carboxylic acids is 1. The number of nitrogens with one attached hydrogen (secondary N) is 2. The molecule has 0 radical (unpaired) electrons. The first kappa shape index (κ1) is 19.8. The number of anilines is 1. The summed E-state index contributed by atoms with van der Waals surface area (Å²) in [6.07, 6.45) is 0. The Balaban J connectivity index is 2.15. The number of urea groups is 1. The number of amides is 2. The number of rotatable bonds is 7. The summed E-state index contributed by atoms with van der Waals surface area (Å²) in [6, 6.07) is 8.33. The summed E-state index contributed by atoms with van der Waals surface area (Å²) in [7, 11) is 4.46. The van der Waals surface area contributed by atoms with E-state index < -0.39 is 11.0 Å². The van der Waals surface area contributed by atoms with Gasteiger partial charge in [0.15, 0.2) is 0 Å². The molecule has 0 bridgehead atoms. The van der Waals surface area contributed by atoms with Crippen molar-refractivity contribution >= 4 is 17.4 Å². The molecule has 0 aliphatic rings. The fourth-order valence-corrected chi connectivity index (χ4v) is 2.51. The van der Waals surface area contributed by atoms with Crippen LogP contribution in [0.5, 0.6) is 17.2 Å². The van der Waals surface area contributed by atoms with Crippen molar-refractivity contribution in [2.24, 2.45) is 0 Å². The van der Waals surface area contributed by atoms with Gasteiger partial charge in [0.25, 0.3) is 5.69 Å². The highest BCUT2D eigenvalue weighted by atomic mass is 16.6. The zero-order chi connectivity index (χ0) is 20.0. The van der Waals surface area contributed by atoms with Crippen molar-refractivity contribution in [2.45, 2.75) is 13.0 Å². The largest absolute Gasteiger partial charge is 0.497 e. The van der Waals surface area contributed by atoms with E-state index in [2.05, 4.69) is 10.6 Å². The highest BCUT2D eigenvalue weighted by molar-refractivity contribution is 5.91. The van der Waals surface area contributed by atoms with E-state index in [1.54, 1.807) is 39.3 Å². The molecule has 2 aromatic rings. The van der Waals surface area contributed by atoms with Crippen LogP contribution in [0.2, 0.25) is 0 Å². The number of carbonyl (C=O) groups is 1. The Bertz CT molecular complexity index is 840. The van der Waals surface area contributed by atoms with Gasteiger partial charge in [-0.15, -0.1) is 0 Å². The lowest BCUT2D eigenvalue weighted by Gasteiger charge is -2.19. The molecule has 2 aromatic carbocycles. The van der Waals surface area contributed by atoms with Crippen LogP contribution in [0.25, 0.3) is 0 Å². The molecule has 0 spiro atoms. The number of nitro groups is 1. The van der Waals surface area contributed by atoms with Crippen LogP contribution in [-0.4, -0.2) is 32.3 Å². The fourth-order valence-electron chi connectivity index (χ4n) is 2.51. The molecular weight excluding hydrogens is 354 g/mol. The second-order valence-corrected chi connectivity index (χ2v) is 5.57. The van der Waals surface area contributed by atoms with E-state index in [1.807, 2.05) is 0 Å². The van der Waals surface area contributed by atoms with E-state index in [0.717, 1.165) is 5.56 Å². The van der Waals surface area contributed by atoms with E-state index in [-0.39, 0.29) is 17.5 Å². The molecule has 2 N–H and O–H groups in total. The van der Waals surface area contributed by atoms with Crippen molar-refractivity contribution in [1.29, 1.82) is 0 Å². The molecule has 1 unspecified atom stereocenters. The summed E-state index contributed by atoms with van der Waals surface area (Å²) in [5.41, 5.74) is 0.917. The van der Waals surface area contributed by atoms with Crippen molar-refractivity contribution in [3.05, 3.63) is 52.1 Å². The molecule has 0 heterocycles. The Hall–Kier alpha value is -3.49. The van der Waals surface area contributed by atoms with Gasteiger partial charge in [-0.3, -0.25) is 10.1 Å². The molecule has 9 heteroatoms. The molecule has 0 aliphatic heterocycles. The van der Waals surface area contributed by atoms with Crippen molar-refractivity contribution in [3.63, 3.8) is 0 Å². The van der Waals surface area contributed by atoms with Gasteiger partial charge in [0.05, 0.1) is 44.0 Å². The fraction of sp³-hybridized carbons (Fsp3) is 0.278. The average molecular weight is 375 g/mol. The number of methoxy groups -OCH3 is 3. The lowest BCUT2D eigenvalue weighted by molar-refractivity contribution is -0.384. The van der Waals surface area contributed by atoms with Crippen LogP contribution in [0.1, 0.15) is 18.5 Å². The van der Waals surface area contributed by atoms with Gasteiger partial charge in [-0.05, 0) is 31.2 Å². The van der Waals surface area contributed by atoms with Gasteiger partial charge in [-0.1, -0.05) is 0 Å². The SMILES string of the molecule is COc1ccc(OC)c(C(C)NC(=O)Nc2ccc([N+](=O)[O-])cc2OC)c1. The molecule has 27 heavy (non-hydrogen) atoms. The minimum Gasteiger partial charge on any atom is -0.497 e. The second-order valence-electron chi connectivity index (χ2n) is 5.57. The lowest BCUT2D eigenvalue weighted by Crippen LogP contribution is -2.31. The maximum atomic E-state index is 12.4. The molecule has 2 amide bonds. The number of benzene rings is 2. The zero-order valence-electron chi connectivity index (χ0n) is 15.4. The number of nitrogens with zero attached hydrogens (tertiary/aromatic N) is 1. The van der Waals surface area contributed by atoms with Gasteiger partial charge >= 0.3 is 6.03 Å². The monoisotopic (exact) mass is 375 g/mol. The molecule has 0 aliphatic carbocycles. The number of hydrogen-bond acceptors (Lipinski definition) is 6. The molecule has 0 saturated carbocycles. The van der Waals surface area contributed by atoms with Crippen LogP contribution in [-0.2, 0) is 0 Å². The number of non-ortho nitro benzene ring substituents is 1. The lowest BCUT2D eigenvalue weighted by atomic mass is 10.1. The van der Waals surface area contributed by atoms with Gasteiger partial charge in [-0.2, -0.15) is 0 Å². The van der Waals surface area contributed by atoms with Crippen molar-refractivity contribution in [3.8, 4) is 17.2 Å². The third-order valence-corrected chi connectivity index (χ3v) is 3.90. The maximum Gasteiger partial charge on any atom is 0.319 e. The van der Waals surface area contributed by atoms with Gasteiger partial charge in [0.2, 0.25) is 0 Å². The van der Waals surface area contributed by atoms with Gasteiger partial charge in [-0.25, -0.2) is 4.79 Å². The summed E-state index contributed by atoms with van der Waals surface area (Å²) >= 11 is 0. The molecular formula is C18H21N3O6. The van der Waals surface area contributed by atoms with Gasteiger partial charge < -0.3 is 24.8 Å². The first-order chi connectivity index (χ1) is 12.9. The smallest absolute Gasteiger partial charge is 0.319 e. The van der Waals surface area contributed by atoms with Crippen LogP contribution >= 0.6 is 0 Å². The van der Waals surface area contributed by atoms with Crippen LogP contribution in [0.15, 0.2) is 36.4 Å². The van der Waals surface area contributed by atoms with Gasteiger partial charge in [0, 0.05) is 11.6 Å². The normalized spacial score (nSPS) is 11.3. The molecule has 0 fully saturated rings. The summed E-state index contributed by atoms with van der Waals surface area (Å²) < 4.78 is 15.6. The number of ether oxygens (including phenoxy) is 3. The predicted octanol–water partition coefficient (Wildman–Crippen LogP) is 3.50. The topological polar surface area (TPSA) is 112 Å². The van der Waals surface area contributed by atoms with E-state index in [0.29, 0.717) is 17.2 Å². The van der Waals surface area contributed by atoms with E-state index >= 15 is 0 Å². The van der Waals surface area contributed by atoms with E-state index in [4.69, 9.17) is 14.2 Å². The summed E-state index contributed by atoms with van der Waals surface area (Å²) in [6.45, 7) is 1.80. The summed E-state index contributed by atoms with van der Waals surface area (Å²) in [4.78, 5) is 22.7. The molecule has 9 nitrogen and oxygen atoms in total. The highest BCUT2D eigenvalue weighted by Gasteiger charge is 2.17.